The molecule has 1 aromatic rings. The highest BCUT2D eigenvalue weighted by Gasteiger charge is 2.55. The Morgan fingerprint density at radius 1 is 1.22 bits per heavy atom. The van der Waals surface area contributed by atoms with Gasteiger partial charge in [0.15, 0.2) is 16.9 Å². The van der Waals surface area contributed by atoms with E-state index in [-0.39, 0.29) is 24.4 Å². The van der Waals surface area contributed by atoms with Gasteiger partial charge in [0.1, 0.15) is 11.7 Å². The molecule has 9 nitrogen and oxygen atoms in total. The number of fused-ring (bicyclic) bond motifs is 1. The van der Waals surface area contributed by atoms with Crippen LogP contribution in [-0.4, -0.2) is 43.4 Å². The van der Waals surface area contributed by atoms with E-state index in [1.807, 2.05) is 6.92 Å². The zero-order valence-corrected chi connectivity index (χ0v) is 21.3. The van der Waals surface area contributed by atoms with Gasteiger partial charge in [0.05, 0.1) is 37.1 Å². The largest absolute Gasteiger partial charge is 0.493 e. The summed E-state index contributed by atoms with van der Waals surface area (Å²) in [6.07, 6.45) is 2.05. The molecule has 9 heteroatoms. The van der Waals surface area contributed by atoms with Gasteiger partial charge < -0.3 is 24.8 Å². The van der Waals surface area contributed by atoms with E-state index in [0.717, 1.165) is 6.42 Å². The minimum Gasteiger partial charge on any atom is -0.493 e. The molecule has 2 aliphatic rings. The number of ether oxygens (including phenoxy) is 3. The van der Waals surface area contributed by atoms with E-state index in [2.05, 4.69) is 18.2 Å². The number of methoxy groups -OCH3 is 1. The number of carbonyl (C=O) groups excluding carboxylic acids is 1. The number of nitriles is 3. The minimum atomic E-state index is -1.83. The molecule has 1 aliphatic heterocycles. The molecule has 0 radical (unpaired) electrons. The van der Waals surface area contributed by atoms with Crippen molar-refractivity contribution in [3.63, 3.8) is 0 Å². The predicted octanol–water partition coefficient (Wildman–Crippen LogP) is 4.14. The number of rotatable bonds is 5. The molecule has 0 saturated heterocycles. The van der Waals surface area contributed by atoms with Crippen LogP contribution in [0.15, 0.2) is 41.1 Å². The lowest BCUT2D eigenvalue weighted by Crippen LogP contribution is -2.50. The van der Waals surface area contributed by atoms with Crippen LogP contribution in [0.1, 0.15) is 45.6 Å². The molecule has 188 valence electrons. The fourth-order valence-electron chi connectivity index (χ4n) is 4.74. The van der Waals surface area contributed by atoms with E-state index in [4.69, 9.17) is 19.9 Å². The van der Waals surface area contributed by atoms with Gasteiger partial charge in [-0.25, -0.2) is 4.79 Å². The molecule has 3 rings (SSSR count). The smallest absolute Gasteiger partial charge is 0.410 e. The molecule has 1 aromatic carbocycles. The average Bonchev–Trinajstić information content (AvgIpc) is 2.85. The quantitative estimate of drug-likeness (QED) is 0.649. The second-order valence-corrected chi connectivity index (χ2v) is 9.82. The first kappa shape index (κ1) is 26.4. The lowest BCUT2D eigenvalue weighted by Gasteiger charge is -2.45. The maximum atomic E-state index is 12.9. The summed E-state index contributed by atoms with van der Waals surface area (Å²) in [5.74, 6) is -0.353. The zero-order chi connectivity index (χ0) is 26.7. The molecule has 36 heavy (non-hydrogen) atoms. The number of amides is 1. The van der Waals surface area contributed by atoms with Gasteiger partial charge >= 0.3 is 6.09 Å². The molecule has 2 N–H and O–H groups in total. The van der Waals surface area contributed by atoms with Gasteiger partial charge in [0, 0.05) is 24.9 Å². The van der Waals surface area contributed by atoms with E-state index >= 15 is 0 Å². The van der Waals surface area contributed by atoms with Crippen molar-refractivity contribution in [3.05, 3.63) is 46.7 Å². The Labute approximate surface area is 211 Å². The van der Waals surface area contributed by atoms with Gasteiger partial charge in [0.25, 0.3) is 0 Å². The average molecular weight is 490 g/mol. The highest BCUT2D eigenvalue weighted by molar-refractivity contribution is 5.70. The summed E-state index contributed by atoms with van der Waals surface area (Å²) in [5, 5.41) is 30.5. The van der Waals surface area contributed by atoms with E-state index in [1.54, 1.807) is 45.0 Å². The van der Waals surface area contributed by atoms with E-state index < -0.39 is 28.9 Å². The normalized spacial score (nSPS) is 20.7. The summed E-state index contributed by atoms with van der Waals surface area (Å²) in [6.45, 7) is 8.19. The van der Waals surface area contributed by atoms with Crippen molar-refractivity contribution >= 4 is 6.09 Å². The van der Waals surface area contributed by atoms with Crippen LogP contribution in [-0.2, 0) is 4.74 Å². The lowest BCUT2D eigenvalue weighted by molar-refractivity contribution is 0.0224. The topological polar surface area (TPSA) is 145 Å². The molecule has 2 atom stereocenters. The summed E-state index contributed by atoms with van der Waals surface area (Å²) in [7, 11) is 1.51. The number of benzene rings is 1. The van der Waals surface area contributed by atoms with Gasteiger partial charge in [-0.2, -0.15) is 15.8 Å². The van der Waals surface area contributed by atoms with E-state index in [1.165, 1.54) is 12.0 Å². The molecule has 1 aliphatic carbocycles. The maximum absolute atomic E-state index is 12.9. The Kier molecular flexibility index (Phi) is 7.51. The van der Waals surface area contributed by atoms with E-state index in [0.29, 0.717) is 29.2 Å². The Bertz CT molecular complexity index is 1210. The summed E-state index contributed by atoms with van der Waals surface area (Å²) < 4.78 is 16.9. The van der Waals surface area contributed by atoms with Crippen LogP contribution in [0.4, 0.5) is 4.79 Å². The van der Waals surface area contributed by atoms with E-state index in [9.17, 15) is 20.6 Å². The van der Waals surface area contributed by atoms with Crippen LogP contribution in [0.25, 0.3) is 0 Å². The third-order valence-electron chi connectivity index (χ3n) is 6.32. The first-order chi connectivity index (χ1) is 17.1. The molecule has 1 amide bonds. The van der Waals surface area contributed by atoms with Gasteiger partial charge in [-0.05, 0) is 50.5 Å². The molecule has 0 unspecified atom stereocenters. The molecule has 0 aromatic heterocycles. The highest BCUT2D eigenvalue weighted by Crippen LogP contribution is 2.55. The molecule has 1 heterocycles. The molecule has 0 bridgehead atoms. The second-order valence-electron chi connectivity index (χ2n) is 9.82. The highest BCUT2D eigenvalue weighted by atomic mass is 16.6. The molecular formula is C27H31N5O4. The molecule has 0 fully saturated rings. The van der Waals surface area contributed by atoms with Gasteiger partial charge in [-0.3, -0.25) is 0 Å². The van der Waals surface area contributed by atoms with Crippen LogP contribution < -0.4 is 15.2 Å². The van der Waals surface area contributed by atoms with Gasteiger partial charge in [-0.1, -0.05) is 19.1 Å². The number of nitrogens with zero attached hydrogens (tertiary/aromatic N) is 4. The standard InChI is InChI=1S/C27H31N5O4/c1-6-11-35-21-8-7-17(12-22(21)34-5)23-20-14-32(25(33)36-26(2,3)4)10-9-18(20)19(13-28)24(31)27(23,15-29)16-30/h7-9,12,20,23H,6,10-11,14,31H2,1-5H3/t20-,23+/m1/s1. The molecular weight excluding hydrogens is 458 g/mol. The van der Waals surface area contributed by atoms with Crippen LogP contribution in [0, 0.1) is 45.3 Å². The molecule has 0 spiro atoms. The first-order valence-electron chi connectivity index (χ1n) is 11.8. The SMILES string of the molecule is CCCOc1ccc([C@H]2[C@@H]3CN(C(=O)OC(C)(C)C)CC=C3C(C#N)=C(N)C2(C#N)C#N)cc1OC. The first-order valence-corrected chi connectivity index (χ1v) is 11.8. The number of nitrogens with two attached hydrogens (primary N) is 1. The third kappa shape index (κ3) is 4.68. The van der Waals surface area contributed by atoms with Crippen molar-refractivity contribution < 1.29 is 19.0 Å². The monoisotopic (exact) mass is 489 g/mol. The van der Waals surface area contributed by atoms with Crippen molar-refractivity contribution in [2.45, 2.75) is 45.6 Å². The number of allylic oxidation sites excluding steroid dienone is 2. The molecule has 0 saturated carbocycles. The van der Waals surface area contributed by atoms with Crippen molar-refractivity contribution in [1.82, 2.24) is 4.90 Å². The Morgan fingerprint density at radius 3 is 2.47 bits per heavy atom. The van der Waals surface area contributed by atoms with Crippen molar-refractivity contribution in [3.8, 4) is 29.7 Å². The van der Waals surface area contributed by atoms with Gasteiger partial charge in [0.2, 0.25) is 0 Å². The fraction of sp³-hybridized carbons (Fsp3) is 0.481. The summed E-state index contributed by atoms with van der Waals surface area (Å²) >= 11 is 0. The van der Waals surface area contributed by atoms with Crippen LogP contribution >= 0.6 is 0 Å². The Balaban J connectivity index is 2.19. The summed E-state index contributed by atoms with van der Waals surface area (Å²) in [6, 6.07) is 11.5. The summed E-state index contributed by atoms with van der Waals surface area (Å²) in [5.41, 5.74) is 5.10. The van der Waals surface area contributed by atoms with Crippen molar-refractivity contribution in [2.75, 3.05) is 26.8 Å². The lowest BCUT2D eigenvalue weighted by atomic mass is 9.58. The van der Waals surface area contributed by atoms with Crippen LogP contribution in [0.5, 0.6) is 11.5 Å². The van der Waals surface area contributed by atoms with Crippen LogP contribution in [0.3, 0.4) is 0 Å². The van der Waals surface area contributed by atoms with Crippen LogP contribution in [0.2, 0.25) is 0 Å². The Morgan fingerprint density at radius 2 is 1.92 bits per heavy atom. The fourth-order valence-corrected chi connectivity index (χ4v) is 4.74. The van der Waals surface area contributed by atoms with Gasteiger partial charge in [-0.15, -0.1) is 0 Å². The summed E-state index contributed by atoms with van der Waals surface area (Å²) in [4.78, 5) is 14.4. The number of hydrogen-bond donors (Lipinski definition) is 1. The maximum Gasteiger partial charge on any atom is 0.410 e. The van der Waals surface area contributed by atoms with Crippen molar-refractivity contribution in [2.24, 2.45) is 17.1 Å². The minimum absolute atomic E-state index is 0.0847. The Hall–Kier alpha value is -4.16. The van der Waals surface area contributed by atoms with Crippen molar-refractivity contribution in [1.29, 1.82) is 15.8 Å². The predicted molar refractivity (Wildman–Crippen MR) is 131 cm³/mol. The second kappa shape index (κ2) is 10.2. The number of hydrogen-bond acceptors (Lipinski definition) is 8. The number of carbonyl (C=O) groups is 1. The zero-order valence-electron chi connectivity index (χ0n) is 21.3. The third-order valence-corrected chi connectivity index (χ3v) is 6.32.